The molecule has 156 valence electrons. The van der Waals surface area contributed by atoms with Crippen molar-refractivity contribution in [2.75, 3.05) is 6.61 Å². The van der Waals surface area contributed by atoms with Crippen LogP contribution < -0.4 is 14.8 Å². The van der Waals surface area contributed by atoms with Crippen LogP contribution in [0.25, 0.3) is 0 Å². The van der Waals surface area contributed by atoms with Crippen LogP contribution in [0.1, 0.15) is 44.6 Å². The summed E-state index contributed by atoms with van der Waals surface area (Å²) >= 11 is 4.61. The molecule has 1 amide bonds. The van der Waals surface area contributed by atoms with E-state index in [0.717, 1.165) is 34.6 Å². The van der Waals surface area contributed by atoms with Crippen molar-refractivity contribution in [2.24, 2.45) is 10.2 Å². The predicted molar refractivity (Wildman–Crippen MR) is 115 cm³/mol. The van der Waals surface area contributed by atoms with E-state index in [0.29, 0.717) is 18.1 Å². The van der Waals surface area contributed by atoms with Crippen LogP contribution in [0.2, 0.25) is 0 Å². The molecule has 0 spiro atoms. The Morgan fingerprint density at radius 1 is 1.41 bits per heavy atom. The molecule has 0 bridgehead atoms. The number of carbonyl (C=O) groups is 2. The van der Waals surface area contributed by atoms with Crippen LogP contribution in [0.3, 0.4) is 0 Å². The summed E-state index contributed by atoms with van der Waals surface area (Å²) in [5.74, 6) is -0.0814. The van der Waals surface area contributed by atoms with Gasteiger partial charge in [-0.1, -0.05) is 11.8 Å². The maximum atomic E-state index is 11.7. The first-order chi connectivity index (χ1) is 14.0. The van der Waals surface area contributed by atoms with Crippen molar-refractivity contribution in [1.29, 1.82) is 0 Å². The molecule has 1 aliphatic heterocycles. The van der Waals surface area contributed by atoms with Gasteiger partial charge in [-0.2, -0.15) is 5.10 Å². The van der Waals surface area contributed by atoms with Crippen molar-refractivity contribution < 1.29 is 24.2 Å². The summed E-state index contributed by atoms with van der Waals surface area (Å²) in [6.07, 6.45) is 5.94. The van der Waals surface area contributed by atoms with Crippen molar-refractivity contribution in [1.82, 2.24) is 5.32 Å². The lowest BCUT2D eigenvalue weighted by molar-refractivity contribution is -0.138. The lowest BCUT2D eigenvalue weighted by atomic mass is 10.2. The van der Waals surface area contributed by atoms with E-state index in [9.17, 15) is 9.59 Å². The number of nitrogens with zero attached hydrogens (tertiary/aromatic N) is 2. The van der Waals surface area contributed by atoms with E-state index in [1.54, 1.807) is 0 Å². The summed E-state index contributed by atoms with van der Waals surface area (Å²) in [4.78, 5) is 22.5. The molecule has 1 aliphatic carbocycles. The van der Waals surface area contributed by atoms with Crippen LogP contribution in [0.15, 0.2) is 26.8 Å². The number of carbonyl (C=O) groups excluding carboxylic acids is 1. The number of hydrogen-bond donors (Lipinski definition) is 2. The van der Waals surface area contributed by atoms with Gasteiger partial charge in [-0.25, -0.2) is 0 Å². The minimum atomic E-state index is -1.03. The van der Waals surface area contributed by atoms with Gasteiger partial charge in [0.15, 0.2) is 16.7 Å². The van der Waals surface area contributed by atoms with Crippen LogP contribution in [0.5, 0.6) is 11.5 Å². The Bertz CT molecular complexity index is 839. The molecular formula is C19H22BrN3O5S. The summed E-state index contributed by atoms with van der Waals surface area (Å²) in [6, 6.07) is 3.69. The van der Waals surface area contributed by atoms with E-state index >= 15 is 0 Å². The molecule has 2 N–H and O–H groups in total. The van der Waals surface area contributed by atoms with E-state index in [1.807, 2.05) is 19.1 Å². The molecule has 2 fully saturated rings. The lowest BCUT2D eigenvalue weighted by Crippen LogP contribution is -2.26. The standard InChI is InChI=1S/C19H22BrN3O5S/c1-2-27-14-8-11(7-13(20)17(14)28-12-5-3-4-6-12)10-21-23-19-22-18(26)15(29-19)9-16(24)25/h7-8,10,12,15H,2-6,9H2,1H3,(H,24,25)(H,22,23,26). The van der Waals surface area contributed by atoms with Crippen molar-refractivity contribution in [3.8, 4) is 11.5 Å². The van der Waals surface area contributed by atoms with Gasteiger partial charge in [-0.3, -0.25) is 9.59 Å². The Balaban J connectivity index is 1.71. The van der Waals surface area contributed by atoms with Crippen molar-refractivity contribution >= 4 is 51.0 Å². The molecule has 1 atom stereocenters. The maximum absolute atomic E-state index is 11.7. The van der Waals surface area contributed by atoms with Crippen molar-refractivity contribution in [2.45, 2.75) is 50.4 Å². The zero-order valence-electron chi connectivity index (χ0n) is 15.9. The first kappa shape index (κ1) is 21.6. The van der Waals surface area contributed by atoms with Gasteiger partial charge >= 0.3 is 5.97 Å². The van der Waals surface area contributed by atoms with E-state index in [4.69, 9.17) is 14.6 Å². The van der Waals surface area contributed by atoms with Crippen molar-refractivity contribution in [3.63, 3.8) is 0 Å². The third-order valence-electron chi connectivity index (χ3n) is 4.41. The molecule has 0 aromatic heterocycles. The van der Waals surface area contributed by atoms with Crippen LogP contribution in [0, 0.1) is 0 Å². The first-order valence-electron chi connectivity index (χ1n) is 9.39. The molecule has 2 aliphatic rings. The number of thioether (sulfide) groups is 1. The number of amides is 1. The van der Waals surface area contributed by atoms with E-state index in [1.165, 1.54) is 19.1 Å². The second-order valence-corrected chi connectivity index (χ2v) is 8.68. The molecule has 3 rings (SSSR count). The number of halogens is 1. The fourth-order valence-corrected chi connectivity index (χ4v) is 4.57. The Kier molecular flexibility index (Phi) is 7.54. The number of carboxylic acid groups (broad SMARTS) is 1. The molecule has 0 radical (unpaired) electrons. The van der Waals surface area contributed by atoms with Gasteiger partial charge in [0.1, 0.15) is 5.25 Å². The number of carboxylic acids is 1. The summed E-state index contributed by atoms with van der Waals surface area (Å²) in [7, 11) is 0. The van der Waals surface area contributed by atoms with E-state index < -0.39 is 11.2 Å². The monoisotopic (exact) mass is 483 g/mol. The highest BCUT2D eigenvalue weighted by Gasteiger charge is 2.32. The number of aliphatic carboxylic acids is 1. The highest BCUT2D eigenvalue weighted by molar-refractivity contribution is 9.10. The van der Waals surface area contributed by atoms with Crippen LogP contribution in [0.4, 0.5) is 0 Å². The smallest absolute Gasteiger partial charge is 0.305 e. The molecule has 1 aromatic carbocycles. The lowest BCUT2D eigenvalue weighted by Gasteiger charge is -2.18. The average Bonchev–Trinajstić information content (AvgIpc) is 3.28. The minimum Gasteiger partial charge on any atom is -0.490 e. The second-order valence-electron chi connectivity index (χ2n) is 6.63. The van der Waals surface area contributed by atoms with Gasteiger partial charge in [0.2, 0.25) is 5.91 Å². The number of rotatable bonds is 8. The van der Waals surface area contributed by atoms with E-state index in [2.05, 4.69) is 31.4 Å². The van der Waals surface area contributed by atoms with Crippen LogP contribution >= 0.6 is 27.7 Å². The Hall–Kier alpha value is -2.07. The minimum absolute atomic E-state index is 0.207. The normalized spacial score (nSPS) is 21.1. The molecule has 1 unspecified atom stereocenters. The molecule has 8 nitrogen and oxygen atoms in total. The summed E-state index contributed by atoms with van der Waals surface area (Å²) in [5.41, 5.74) is 0.750. The second kappa shape index (κ2) is 10.1. The first-order valence-corrected chi connectivity index (χ1v) is 11.1. The van der Waals surface area contributed by atoms with Crippen molar-refractivity contribution in [3.05, 3.63) is 22.2 Å². The Morgan fingerprint density at radius 2 is 2.17 bits per heavy atom. The zero-order chi connectivity index (χ0) is 20.8. The summed E-state index contributed by atoms with van der Waals surface area (Å²) in [6.45, 7) is 2.41. The third-order valence-corrected chi connectivity index (χ3v) is 6.07. The fourth-order valence-electron chi connectivity index (χ4n) is 3.11. The van der Waals surface area contributed by atoms with E-state index in [-0.39, 0.29) is 23.6 Å². The number of amidine groups is 1. The number of benzene rings is 1. The Labute approximate surface area is 181 Å². The molecule has 1 saturated heterocycles. The molecule has 10 heteroatoms. The maximum Gasteiger partial charge on any atom is 0.305 e. The highest BCUT2D eigenvalue weighted by atomic mass is 79.9. The molecule has 1 aromatic rings. The fraction of sp³-hybridized carbons (Fsp3) is 0.474. The summed E-state index contributed by atoms with van der Waals surface area (Å²) in [5, 5.41) is 18.9. The van der Waals surface area contributed by atoms with Gasteiger partial charge < -0.3 is 19.9 Å². The van der Waals surface area contributed by atoms with Gasteiger partial charge in [0, 0.05) is 0 Å². The quantitative estimate of drug-likeness (QED) is 0.432. The van der Waals surface area contributed by atoms with Crippen LogP contribution in [-0.4, -0.2) is 46.3 Å². The summed E-state index contributed by atoms with van der Waals surface area (Å²) < 4.78 is 12.7. The zero-order valence-corrected chi connectivity index (χ0v) is 18.3. The van der Waals surface area contributed by atoms with Gasteiger partial charge in [-0.05, 0) is 66.2 Å². The Morgan fingerprint density at radius 3 is 2.86 bits per heavy atom. The topological polar surface area (TPSA) is 110 Å². The molecular weight excluding hydrogens is 462 g/mol. The third kappa shape index (κ3) is 5.96. The molecule has 1 saturated carbocycles. The number of ether oxygens (including phenoxy) is 2. The SMILES string of the molecule is CCOc1cc(C=NN=C2NC(=O)C(CC(=O)O)S2)cc(Br)c1OC1CCCC1. The number of nitrogens with one attached hydrogen (secondary N) is 1. The molecule has 1 heterocycles. The molecule has 29 heavy (non-hydrogen) atoms. The number of hydrogen-bond acceptors (Lipinski definition) is 7. The van der Waals surface area contributed by atoms with Gasteiger partial charge in [0.05, 0.1) is 29.8 Å². The largest absolute Gasteiger partial charge is 0.490 e. The van der Waals surface area contributed by atoms with Crippen LogP contribution in [-0.2, 0) is 9.59 Å². The highest BCUT2D eigenvalue weighted by Crippen LogP contribution is 2.39. The predicted octanol–water partition coefficient (Wildman–Crippen LogP) is 3.57. The average molecular weight is 484 g/mol. The van der Waals surface area contributed by atoms with Gasteiger partial charge in [-0.15, -0.1) is 5.10 Å². The van der Waals surface area contributed by atoms with Gasteiger partial charge in [0.25, 0.3) is 0 Å².